The summed E-state index contributed by atoms with van der Waals surface area (Å²) in [5.41, 5.74) is 1.78. The van der Waals surface area contributed by atoms with Crippen LogP contribution in [0.3, 0.4) is 0 Å². The highest BCUT2D eigenvalue weighted by atomic mass is 35.5. The fourth-order valence-electron chi connectivity index (χ4n) is 4.04. The lowest BCUT2D eigenvalue weighted by atomic mass is 9.98. The van der Waals surface area contributed by atoms with Crippen LogP contribution in [-0.2, 0) is 0 Å². The van der Waals surface area contributed by atoms with Gasteiger partial charge < -0.3 is 15.0 Å². The van der Waals surface area contributed by atoms with Crippen LogP contribution < -0.4 is 10.1 Å². The van der Waals surface area contributed by atoms with E-state index in [1.165, 1.54) is 19.3 Å². The van der Waals surface area contributed by atoms with Crippen LogP contribution in [0.5, 0.6) is 5.75 Å². The average Bonchev–Trinajstić information content (AvgIpc) is 2.75. The first-order valence-corrected chi connectivity index (χ1v) is 9.99. The molecule has 28 heavy (non-hydrogen) atoms. The molecule has 1 unspecified atom stereocenters. The number of ether oxygens (including phenoxy) is 1. The lowest BCUT2D eigenvalue weighted by molar-refractivity contribution is 0.0634. The highest BCUT2D eigenvalue weighted by molar-refractivity contribution is 5.94. The summed E-state index contributed by atoms with van der Waals surface area (Å²) in [6.45, 7) is 2.25. The second-order valence-corrected chi connectivity index (χ2v) is 7.41. The number of pyridine rings is 1. The maximum Gasteiger partial charge on any atom is 0.254 e. The third kappa shape index (κ3) is 4.83. The highest BCUT2D eigenvalue weighted by Gasteiger charge is 2.28. The number of hydrogen-bond acceptors (Lipinski definition) is 4. The third-order valence-electron chi connectivity index (χ3n) is 5.53. The number of carbonyl (C=O) groups is 1. The van der Waals surface area contributed by atoms with Gasteiger partial charge in [-0.3, -0.25) is 9.78 Å². The maximum atomic E-state index is 13.1. The molecule has 1 N–H and O–H groups in total. The van der Waals surface area contributed by atoms with Gasteiger partial charge in [0.15, 0.2) is 0 Å². The summed E-state index contributed by atoms with van der Waals surface area (Å²) in [4.78, 5) is 19.3. The highest BCUT2D eigenvalue weighted by Crippen LogP contribution is 2.26. The molecule has 1 saturated heterocycles. The quantitative estimate of drug-likeness (QED) is 0.841. The van der Waals surface area contributed by atoms with Gasteiger partial charge in [-0.1, -0.05) is 12.5 Å². The summed E-state index contributed by atoms with van der Waals surface area (Å²) in [5, 5.41) is 3.38. The molecule has 1 amide bonds. The molecule has 5 nitrogen and oxygen atoms in total. The van der Waals surface area contributed by atoms with Gasteiger partial charge in [-0.25, -0.2) is 0 Å². The second-order valence-electron chi connectivity index (χ2n) is 7.41. The smallest absolute Gasteiger partial charge is 0.254 e. The van der Waals surface area contributed by atoms with E-state index in [4.69, 9.17) is 4.74 Å². The predicted molar refractivity (Wildman–Crippen MR) is 112 cm³/mol. The number of carbonyl (C=O) groups excluding carboxylic acids is 1. The van der Waals surface area contributed by atoms with Crippen molar-refractivity contribution < 1.29 is 9.53 Å². The van der Waals surface area contributed by atoms with Crippen LogP contribution in [0.1, 0.15) is 54.1 Å². The second kappa shape index (κ2) is 9.89. The molecule has 0 bridgehead atoms. The van der Waals surface area contributed by atoms with Crippen molar-refractivity contribution in [2.24, 2.45) is 0 Å². The Morgan fingerprint density at radius 1 is 1.11 bits per heavy atom. The lowest BCUT2D eigenvalue weighted by Gasteiger charge is -2.36. The van der Waals surface area contributed by atoms with Crippen LogP contribution >= 0.6 is 12.4 Å². The molecule has 1 aromatic heterocycles. The zero-order chi connectivity index (χ0) is 18.5. The summed E-state index contributed by atoms with van der Waals surface area (Å²) in [7, 11) is 0. The van der Waals surface area contributed by atoms with Crippen molar-refractivity contribution in [3.8, 4) is 5.75 Å². The minimum absolute atomic E-state index is 0. The number of halogens is 1. The van der Waals surface area contributed by atoms with Crippen molar-refractivity contribution in [3.05, 3.63) is 59.9 Å². The van der Waals surface area contributed by atoms with E-state index >= 15 is 0 Å². The van der Waals surface area contributed by atoms with Crippen molar-refractivity contribution in [2.75, 3.05) is 19.6 Å². The molecular formula is C22H28ClN3O2. The number of hydrogen-bond donors (Lipinski definition) is 1. The van der Waals surface area contributed by atoms with Crippen molar-refractivity contribution >= 4 is 18.3 Å². The largest absolute Gasteiger partial charge is 0.490 e. The van der Waals surface area contributed by atoms with Crippen LogP contribution in [0.15, 0.2) is 48.8 Å². The number of aromatic nitrogens is 1. The van der Waals surface area contributed by atoms with Crippen LogP contribution in [-0.4, -0.2) is 41.5 Å². The molecule has 1 atom stereocenters. The standard InChI is InChI=1S/C22H27N3O2.ClH/c26-22(25-14-13-24-16-21(25)18-5-4-12-23-15-18)17-8-10-20(11-9-17)27-19-6-2-1-3-7-19;/h4-5,8-12,15,19,21,24H,1-3,6-7,13-14,16H2;1H. The maximum absolute atomic E-state index is 13.1. The van der Waals surface area contributed by atoms with Crippen molar-refractivity contribution in [1.82, 2.24) is 15.2 Å². The van der Waals surface area contributed by atoms with Gasteiger partial charge in [-0.15, -0.1) is 12.4 Å². The Bertz CT molecular complexity index is 748. The molecular weight excluding hydrogens is 374 g/mol. The Balaban J connectivity index is 0.00000225. The van der Waals surface area contributed by atoms with Gasteiger partial charge in [0, 0.05) is 37.6 Å². The Labute approximate surface area is 172 Å². The first kappa shape index (κ1) is 20.6. The molecule has 2 heterocycles. The molecule has 1 saturated carbocycles. The van der Waals surface area contributed by atoms with E-state index in [0.717, 1.165) is 37.2 Å². The lowest BCUT2D eigenvalue weighted by Crippen LogP contribution is -2.48. The van der Waals surface area contributed by atoms with Crippen LogP contribution in [0.25, 0.3) is 0 Å². The van der Waals surface area contributed by atoms with Crippen molar-refractivity contribution in [2.45, 2.75) is 44.2 Å². The van der Waals surface area contributed by atoms with E-state index in [1.807, 2.05) is 47.5 Å². The summed E-state index contributed by atoms with van der Waals surface area (Å²) in [6, 6.07) is 11.6. The summed E-state index contributed by atoms with van der Waals surface area (Å²) in [5.74, 6) is 0.928. The first-order valence-electron chi connectivity index (χ1n) is 9.99. The van der Waals surface area contributed by atoms with Gasteiger partial charge in [0.25, 0.3) is 5.91 Å². The molecule has 4 rings (SSSR count). The molecule has 1 aromatic carbocycles. The number of rotatable bonds is 4. The number of amides is 1. The van der Waals surface area contributed by atoms with Crippen LogP contribution in [0.4, 0.5) is 0 Å². The fourth-order valence-corrected chi connectivity index (χ4v) is 4.04. The first-order chi connectivity index (χ1) is 13.3. The summed E-state index contributed by atoms with van der Waals surface area (Å²) < 4.78 is 6.08. The molecule has 0 spiro atoms. The summed E-state index contributed by atoms with van der Waals surface area (Å²) in [6.07, 6.45) is 10.0. The van der Waals surface area contributed by atoms with Crippen LogP contribution in [0, 0.1) is 0 Å². The number of piperazine rings is 1. The predicted octanol–water partition coefficient (Wildman–Crippen LogP) is 4.00. The van der Waals surface area contributed by atoms with E-state index in [2.05, 4.69) is 10.3 Å². The van der Waals surface area contributed by atoms with Crippen molar-refractivity contribution in [1.29, 1.82) is 0 Å². The van der Waals surface area contributed by atoms with Gasteiger partial charge >= 0.3 is 0 Å². The molecule has 2 aromatic rings. The molecule has 150 valence electrons. The topological polar surface area (TPSA) is 54.5 Å². The van der Waals surface area contributed by atoms with Crippen molar-refractivity contribution in [3.63, 3.8) is 0 Å². The van der Waals surface area contributed by atoms with E-state index in [1.54, 1.807) is 6.20 Å². The number of nitrogens with zero attached hydrogens (tertiary/aromatic N) is 2. The third-order valence-corrected chi connectivity index (χ3v) is 5.53. The Morgan fingerprint density at radius 2 is 1.89 bits per heavy atom. The number of benzene rings is 1. The fraction of sp³-hybridized carbons (Fsp3) is 0.455. The van der Waals surface area contributed by atoms with Gasteiger partial charge in [0.2, 0.25) is 0 Å². The Morgan fingerprint density at radius 3 is 2.61 bits per heavy atom. The summed E-state index contributed by atoms with van der Waals surface area (Å²) >= 11 is 0. The molecule has 1 aliphatic heterocycles. The Kier molecular flexibility index (Phi) is 7.29. The number of nitrogens with one attached hydrogen (secondary N) is 1. The minimum Gasteiger partial charge on any atom is -0.490 e. The Hall–Kier alpha value is -2.11. The van der Waals surface area contributed by atoms with Gasteiger partial charge in [-0.2, -0.15) is 0 Å². The zero-order valence-electron chi connectivity index (χ0n) is 16.0. The van der Waals surface area contributed by atoms with Crippen LogP contribution in [0.2, 0.25) is 0 Å². The van der Waals surface area contributed by atoms with E-state index in [-0.39, 0.29) is 24.4 Å². The average molecular weight is 402 g/mol. The SMILES string of the molecule is Cl.O=C(c1ccc(OC2CCCCC2)cc1)N1CCNCC1c1cccnc1. The molecule has 6 heteroatoms. The normalized spacial score (nSPS) is 20.3. The zero-order valence-corrected chi connectivity index (χ0v) is 16.9. The molecule has 2 aliphatic rings. The van der Waals surface area contributed by atoms with E-state index in [0.29, 0.717) is 18.2 Å². The molecule has 2 fully saturated rings. The van der Waals surface area contributed by atoms with Gasteiger partial charge in [0.1, 0.15) is 5.75 Å². The molecule has 1 aliphatic carbocycles. The monoisotopic (exact) mass is 401 g/mol. The van der Waals surface area contributed by atoms with Gasteiger partial charge in [0.05, 0.1) is 12.1 Å². The van der Waals surface area contributed by atoms with E-state index < -0.39 is 0 Å². The minimum atomic E-state index is 0. The van der Waals surface area contributed by atoms with Gasteiger partial charge in [-0.05, 0) is 61.6 Å². The molecule has 0 radical (unpaired) electrons. The van der Waals surface area contributed by atoms with E-state index in [9.17, 15) is 4.79 Å².